The Morgan fingerprint density at radius 1 is 1.50 bits per heavy atom. The zero-order valence-corrected chi connectivity index (χ0v) is 9.55. The molecule has 0 saturated heterocycles. The summed E-state index contributed by atoms with van der Waals surface area (Å²) in [5.74, 6) is 0.166. The third-order valence-corrected chi connectivity index (χ3v) is 2.65. The van der Waals surface area contributed by atoms with Crippen LogP contribution in [0.15, 0.2) is 11.6 Å². The van der Waals surface area contributed by atoms with Crippen LogP contribution < -0.4 is 5.32 Å². The molecule has 0 aromatic rings. The average molecular weight is 196 g/mol. The van der Waals surface area contributed by atoms with E-state index in [4.69, 9.17) is 0 Å². The van der Waals surface area contributed by atoms with Crippen LogP contribution in [0.3, 0.4) is 0 Å². The summed E-state index contributed by atoms with van der Waals surface area (Å²) in [4.78, 5) is 13.8. The monoisotopic (exact) mass is 196 g/mol. The predicted octanol–water partition coefficient (Wildman–Crippen LogP) is 1.16. The molecule has 1 amide bonds. The molecule has 1 aliphatic rings. The number of likely N-dealkylation sites (N-methyl/N-ethyl adjacent to an activating group) is 1. The molecular formula is C11H20N2O. The number of carbonyl (C=O) groups excluding carboxylic acids is 1. The number of carbonyl (C=O) groups is 1. The Morgan fingerprint density at radius 2 is 2.14 bits per heavy atom. The molecule has 0 radical (unpaired) electrons. The van der Waals surface area contributed by atoms with Crippen LogP contribution in [0.1, 0.15) is 27.2 Å². The minimum atomic E-state index is -0.0944. The number of hydrogen-bond donors (Lipinski definition) is 1. The van der Waals surface area contributed by atoms with E-state index in [0.29, 0.717) is 0 Å². The first-order valence-electron chi connectivity index (χ1n) is 5.11. The SMILES string of the molecule is CN(C(=O)C1=CCNCC1)C(C)(C)C. The molecule has 0 atom stereocenters. The molecule has 1 aliphatic heterocycles. The molecule has 0 saturated carbocycles. The molecule has 0 unspecified atom stereocenters. The van der Waals surface area contributed by atoms with Crippen molar-refractivity contribution in [1.82, 2.24) is 10.2 Å². The van der Waals surface area contributed by atoms with Crippen molar-refractivity contribution in [3.63, 3.8) is 0 Å². The fourth-order valence-electron chi connectivity index (χ4n) is 1.34. The quantitative estimate of drug-likeness (QED) is 0.682. The Hall–Kier alpha value is -0.830. The standard InChI is InChI=1S/C11H20N2O/c1-11(2,3)13(4)10(14)9-5-7-12-8-6-9/h5,12H,6-8H2,1-4H3. The molecule has 0 bridgehead atoms. The summed E-state index contributed by atoms with van der Waals surface area (Å²) in [6, 6.07) is 0. The summed E-state index contributed by atoms with van der Waals surface area (Å²) in [5.41, 5.74) is 0.851. The Bertz CT molecular complexity index is 251. The molecule has 0 aromatic carbocycles. The molecule has 0 aliphatic carbocycles. The Kier molecular flexibility index (Phi) is 3.32. The molecule has 3 nitrogen and oxygen atoms in total. The molecule has 14 heavy (non-hydrogen) atoms. The third-order valence-electron chi connectivity index (χ3n) is 2.65. The number of nitrogens with zero attached hydrogens (tertiary/aromatic N) is 1. The van der Waals surface area contributed by atoms with Gasteiger partial charge in [0.15, 0.2) is 0 Å². The van der Waals surface area contributed by atoms with Crippen LogP contribution in [-0.2, 0) is 4.79 Å². The summed E-state index contributed by atoms with van der Waals surface area (Å²) in [6.45, 7) is 7.88. The van der Waals surface area contributed by atoms with Crippen LogP contribution >= 0.6 is 0 Å². The lowest BCUT2D eigenvalue weighted by atomic mass is 10.0. The van der Waals surface area contributed by atoms with Gasteiger partial charge < -0.3 is 10.2 Å². The first-order valence-corrected chi connectivity index (χ1v) is 5.11. The van der Waals surface area contributed by atoms with E-state index in [9.17, 15) is 4.79 Å². The lowest BCUT2D eigenvalue weighted by molar-refractivity contribution is -0.130. The average Bonchev–Trinajstić information content (AvgIpc) is 2.15. The second-order valence-corrected chi connectivity index (χ2v) is 4.72. The molecule has 0 fully saturated rings. The van der Waals surface area contributed by atoms with Gasteiger partial charge in [0.05, 0.1) is 0 Å². The fraction of sp³-hybridized carbons (Fsp3) is 0.727. The molecule has 3 heteroatoms. The van der Waals surface area contributed by atoms with Crippen LogP contribution in [0.25, 0.3) is 0 Å². The summed E-state index contributed by atoms with van der Waals surface area (Å²) in [5, 5.41) is 3.20. The van der Waals surface area contributed by atoms with Crippen molar-refractivity contribution in [3.8, 4) is 0 Å². The Labute approximate surface area is 86.2 Å². The van der Waals surface area contributed by atoms with Crippen LogP contribution in [0.5, 0.6) is 0 Å². The highest BCUT2D eigenvalue weighted by Crippen LogP contribution is 2.16. The zero-order valence-electron chi connectivity index (χ0n) is 9.55. The van der Waals surface area contributed by atoms with E-state index < -0.39 is 0 Å². The van der Waals surface area contributed by atoms with Gasteiger partial charge in [-0.05, 0) is 33.7 Å². The van der Waals surface area contributed by atoms with Crippen molar-refractivity contribution in [3.05, 3.63) is 11.6 Å². The molecule has 0 aromatic heterocycles. The van der Waals surface area contributed by atoms with Crippen molar-refractivity contribution >= 4 is 5.91 Å². The van der Waals surface area contributed by atoms with E-state index in [1.807, 2.05) is 38.8 Å². The first kappa shape index (κ1) is 11.2. The highest BCUT2D eigenvalue weighted by Gasteiger charge is 2.24. The second kappa shape index (κ2) is 4.13. The van der Waals surface area contributed by atoms with E-state index in [2.05, 4.69) is 5.32 Å². The van der Waals surface area contributed by atoms with Gasteiger partial charge in [0, 0.05) is 24.7 Å². The minimum Gasteiger partial charge on any atom is -0.337 e. The number of amides is 1. The molecule has 1 heterocycles. The summed E-state index contributed by atoms with van der Waals surface area (Å²) >= 11 is 0. The molecule has 80 valence electrons. The topological polar surface area (TPSA) is 32.3 Å². The highest BCUT2D eigenvalue weighted by atomic mass is 16.2. The van der Waals surface area contributed by atoms with Crippen molar-refractivity contribution in [2.45, 2.75) is 32.7 Å². The van der Waals surface area contributed by atoms with Gasteiger partial charge in [0.1, 0.15) is 0 Å². The summed E-state index contributed by atoms with van der Waals surface area (Å²) in [6.07, 6.45) is 2.84. The van der Waals surface area contributed by atoms with Gasteiger partial charge in [0.25, 0.3) is 0 Å². The van der Waals surface area contributed by atoms with Crippen LogP contribution in [0, 0.1) is 0 Å². The van der Waals surface area contributed by atoms with Crippen LogP contribution in [0.4, 0.5) is 0 Å². The lowest BCUT2D eigenvalue weighted by Crippen LogP contribution is -2.44. The van der Waals surface area contributed by atoms with Crippen LogP contribution in [-0.4, -0.2) is 36.5 Å². The maximum Gasteiger partial charge on any atom is 0.249 e. The van der Waals surface area contributed by atoms with Gasteiger partial charge in [-0.15, -0.1) is 0 Å². The summed E-state index contributed by atoms with van der Waals surface area (Å²) in [7, 11) is 1.87. The van der Waals surface area contributed by atoms with Gasteiger partial charge in [-0.2, -0.15) is 0 Å². The Balaban J connectivity index is 2.69. The normalized spacial score (nSPS) is 17.6. The smallest absolute Gasteiger partial charge is 0.249 e. The highest BCUT2D eigenvalue weighted by molar-refractivity contribution is 5.93. The van der Waals surface area contributed by atoms with E-state index in [1.165, 1.54) is 0 Å². The third kappa shape index (κ3) is 2.58. The van der Waals surface area contributed by atoms with Gasteiger partial charge in [-0.3, -0.25) is 4.79 Å². The molecular weight excluding hydrogens is 176 g/mol. The van der Waals surface area contributed by atoms with Gasteiger partial charge in [-0.1, -0.05) is 6.08 Å². The van der Waals surface area contributed by atoms with Crippen LogP contribution in [0.2, 0.25) is 0 Å². The maximum atomic E-state index is 12.0. The lowest BCUT2D eigenvalue weighted by Gasteiger charge is -2.33. The molecule has 1 N–H and O–H groups in total. The number of hydrogen-bond acceptors (Lipinski definition) is 2. The zero-order chi connectivity index (χ0) is 10.8. The molecule has 1 rings (SSSR count). The maximum absolute atomic E-state index is 12.0. The molecule has 0 spiro atoms. The number of rotatable bonds is 1. The predicted molar refractivity (Wildman–Crippen MR) is 58.1 cm³/mol. The minimum absolute atomic E-state index is 0.0944. The van der Waals surface area contributed by atoms with Crippen molar-refractivity contribution in [2.24, 2.45) is 0 Å². The van der Waals surface area contributed by atoms with Gasteiger partial charge in [0.2, 0.25) is 5.91 Å². The van der Waals surface area contributed by atoms with E-state index in [1.54, 1.807) is 0 Å². The number of nitrogens with one attached hydrogen (secondary N) is 1. The van der Waals surface area contributed by atoms with Crippen molar-refractivity contribution in [1.29, 1.82) is 0 Å². The fourth-order valence-corrected chi connectivity index (χ4v) is 1.34. The summed E-state index contributed by atoms with van der Waals surface area (Å²) < 4.78 is 0. The van der Waals surface area contributed by atoms with Gasteiger partial charge >= 0.3 is 0 Å². The van der Waals surface area contributed by atoms with Gasteiger partial charge in [-0.25, -0.2) is 0 Å². The largest absolute Gasteiger partial charge is 0.337 e. The Morgan fingerprint density at radius 3 is 2.57 bits per heavy atom. The second-order valence-electron chi connectivity index (χ2n) is 4.72. The van der Waals surface area contributed by atoms with E-state index in [-0.39, 0.29) is 11.4 Å². The van der Waals surface area contributed by atoms with E-state index in [0.717, 1.165) is 25.1 Å². The van der Waals surface area contributed by atoms with E-state index >= 15 is 0 Å². The van der Waals surface area contributed by atoms with Crippen molar-refractivity contribution in [2.75, 3.05) is 20.1 Å². The van der Waals surface area contributed by atoms with Crippen molar-refractivity contribution < 1.29 is 4.79 Å². The first-order chi connectivity index (χ1) is 6.43.